The van der Waals surface area contributed by atoms with Crippen molar-refractivity contribution in [3.8, 4) is 5.75 Å². The Hall–Kier alpha value is -2.31. The van der Waals surface area contributed by atoms with Crippen molar-refractivity contribution in [1.29, 1.82) is 0 Å². The standard InChI is InChI=1S/C22H22BrClN2O3/c1-4-12(2)25-21(28)10-16-13(3)26(19-11-18(24)20(27)9-17(16)19)22(29)14-5-7-15(23)8-6-14/h5-9,11-12,27H,4,10H2,1-3H3,(H,25,28). The Morgan fingerprint density at radius 2 is 1.90 bits per heavy atom. The molecule has 1 heterocycles. The predicted octanol–water partition coefficient (Wildman–Crippen LogP) is 5.22. The first-order valence-corrected chi connectivity index (χ1v) is 10.5. The molecule has 3 rings (SSSR count). The minimum Gasteiger partial charge on any atom is -0.506 e. The highest BCUT2D eigenvalue weighted by molar-refractivity contribution is 9.10. The van der Waals surface area contributed by atoms with Crippen molar-refractivity contribution in [2.75, 3.05) is 0 Å². The maximum absolute atomic E-state index is 13.3. The zero-order valence-electron chi connectivity index (χ0n) is 16.4. The number of phenolic OH excluding ortho intramolecular Hbond substituents is 1. The van der Waals surface area contributed by atoms with Crippen LogP contribution in [0.5, 0.6) is 5.75 Å². The molecule has 2 N–H and O–H groups in total. The Kier molecular flexibility index (Phi) is 6.34. The highest BCUT2D eigenvalue weighted by Crippen LogP contribution is 2.35. The van der Waals surface area contributed by atoms with Crippen LogP contribution in [0.25, 0.3) is 10.9 Å². The molecular weight excluding hydrogens is 456 g/mol. The lowest BCUT2D eigenvalue weighted by molar-refractivity contribution is -0.121. The second-order valence-corrected chi connectivity index (χ2v) is 8.41. The third kappa shape index (κ3) is 4.33. The molecule has 0 spiro atoms. The van der Waals surface area contributed by atoms with Crippen LogP contribution in [0.4, 0.5) is 0 Å². The molecule has 0 fully saturated rings. The van der Waals surface area contributed by atoms with Crippen LogP contribution in [0.1, 0.15) is 41.9 Å². The topological polar surface area (TPSA) is 71.3 Å². The van der Waals surface area contributed by atoms with Gasteiger partial charge >= 0.3 is 0 Å². The van der Waals surface area contributed by atoms with Crippen molar-refractivity contribution in [3.63, 3.8) is 0 Å². The minimum atomic E-state index is -0.227. The highest BCUT2D eigenvalue weighted by atomic mass is 79.9. The number of benzene rings is 2. The second-order valence-electron chi connectivity index (χ2n) is 7.09. The van der Waals surface area contributed by atoms with E-state index in [9.17, 15) is 14.7 Å². The number of halogens is 2. The van der Waals surface area contributed by atoms with Crippen molar-refractivity contribution in [2.24, 2.45) is 0 Å². The first-order chi connectivity index (χ1) is 13.7. The summed E-state index contributed by atoms with van der Waals surface area (Å²) in [6, 6.07) is 10.2. The maximum Gasteiger partial charge on any atom is 0.262 e. The van der Waals surface area contributed by atoms with Crippen molar-refractivity contribution >= 4 is 50.2 Å². The number of hydrogen-bond donors (Lipinski definition) is 2. The van der Waals surface area contributed by atoms with E-state index in [1.807, 2.05) is 13.8 Å². The van der Waals surface area contributed by atoms with E-state index in [-0.39, 0.29) is 35.0 Å². The average Bonchev–Trinajstić information content (AvgIpc) is 2.93. The summed E-state index contributed by atoms with van der Waals surface area (Å²) in [5.74, 6) is -0.446. The highest BCUT2D eigenvalue weighted by Gasteiger charge is 2.23. The number of fused-ring (bicyclic) bond motifs is 1. The molecule has 5 nitrogen and oxygen atoms in total. The zero-order valence-corrected chi connectivity index (χ0v) is 18.8. The molecule has 0 radical (unpaired) electrons. The molecule has 7 heteroatoms. The van der Waals surface area contributed by atoms with E-state index >= 15 is 0 Å². The number of rotatable bonds is 5. The van der Waals surface area contributed by atoms with Crippen LogP contribution in [0.15, 0.2) is 40.9 Å². The number of amides is 1. The van der Waals surface area contributed by atoms with Gasteiger partial charge in [-0.05, 0) is 62.2 Å². The van der Waals surface area contributed by atoms with Crippen LogP contribution in [0.3, 0.4) is 0 Å². The molecule has 29 heavy (non-hydrogen) atoms. The van der Waals surface area contributed by atoms with Gasteiger partial charge in [-0.25, -0.2) is 0 Å². The lowest BCUT2D eigenvalue weighted by Crippen LogP contribution is -2.33. The fraction of sp³-hybridized carbons (Fsp3) is 0.273. The second kappa shape index (κ2) is 8.59. The number of nitrogens with zero attached hydrogens (tertiary/aromatic N) is 1. The molecule has 0 aliphatic carbocycles. The van der Waals surface area contributed by atoms with Crippen molar-refractivity contribution in [3.05, 3.63) is 62.7 Å². The van der Waals surface area contributed by atoms with Gasteiger partial charge in [0.25, 0.3) is 5.91 Å². The summed E-state index contributed by atoms with van der Waals surface area (Å²) in [6.07, 6.45) is 0.930. The molecule has 0 saturated heterocycles. The smallest absolute Gasteiger partial charge is 0.262 e. The van der Waals surface area contributed by atoms with Gasteiger partial charge in [0.15, 0.2) is 0 Å². The molecule has 0 aliphatic heterocycles. The van der Waals surface area contributed by atoms with E-state index in [0.717, 1.165) is 10.9 Å². The van der Waals surface area contributed by atoms with Gasteiger partial charge in [-0.1, -0.05) is 34.5 Å². The van der Waals surface area contributed by atoms with Gasteiger partial charge in [0.2, 0.25) is 5.91 Å². The van der Waals surface area contributed by atoms with Gasteiger partial charge in [-0.3, -0.25) is 14.2 Å². The van der Waals surface area contributed by atoms with Crippen molar-refractivity contribution in [2.45, 2.75) is 39.7 Å². The molecule has 1 unspecified atom stereocenters. The summed E-state index contributed by atoms with van der Waals surface area (Å²) in [7, 11) is 0. The lowest BCUT2D eigenvalue weighted by atomic mass is 10.1. The van der Waals surface area contributed by atoms with Crippen LogP contribution in [0.2, 0.25) is 5.02 Å². The van der Waals surface area contributed by atoms with Crippen LogP contribution < -0.4 is 5.32 Å². The predicted molar refractivity (Wildman–Crippen MR) is 119 cm³/mol. The summed E-state index contributed by atoms with van der Waals surface area (Å²) in [6.45, 7) is 5.74. The van der Waals surface area contributed by atoms with E-state index in [1.165, 1.54) is 6.07 Å². The van der Waals surface area contributed by atoms with Gasteiger partial charge in [-0.15, -0.1) is 0 Å². The Bertz CT molecular complexity index is 1090. The van der Waals surface area contributed by atoms with Gasteiger partial charge in [0.1, 0.15) is 5.75 Å². The Balaban J connectivity index is 2.13. The van der Waals surface area contributed by atoms with Gasteiger partial charge < -0.3 is 10.4 Å². The molecule has 2 aromatic carbocycles. The first kappa shape index (κ1) is 21.4. The van der Waals surface area contributed by atoms with Crippen molar-refractivity contribution < 1.29 is 14.7 Å². The van der Waals surface area contributed by atoms with Crippen molar-refractivity contribution in [1.82, 2.24) is 9.88 Å². The number of nitrogens with one attached hydrogen (secondary N) is 1. The number of carbonyl (C=O) groups excluding carboxylic acids is 2. The van der Waals surface area contributed by atoms with E-state index in [4.69, 9.17) is 11.6 Å². The van der Waals surface area contributed by atoms with Gasteiger partial charge in [-0.2, -0.15) is 0 Å². The Labute approximate surface area is 182 Å². The molecule has 1 amide bonds. The van der Waals surface area contributed by atoms with Gasteiger partial charge in [0, 0.05) is 27.2 Å². The van der Waals surface area contributed by atoms with E-state index < -0.39 is 0 Å². The third-order valence-corrected chi connectivity index (χ3v) is 5.89. The molecule has 1 atom stereocenters. The molecular formula is C22H22BrClN2O3. The fourth-order valence-electron chi connectivity index (χ4n) is 3.28. The quantitative estimate of drug-likeness (QED) is 0.529. The number of carbonyl (C=O) groups is 2. The maximum atomic E-state index is 13.3. The zero-order chi connectivity index (χ0) is 21.3. The van der Waals surface area contributed by atoms with E-state index in [1.54, 1.807) is 41.8 Å². The minimum absolute atomic E-state index is 0.0587. The van der Waals surface area contributed by atoms with Crippen LogP contribution in [0, 0.1) is 6.92 Å². The Morgan fingerprint density at radius 3 is 2.52 bits per heavy atom. The average molecular weight is 478 g/mol. The molecule has 0 aliphatic rings. The van der Waals surface area contributed by atoms with Gasteiger partial charge in [0.05, 0.1) is 17.0 Å². The molecule has 0 bridgehead atoms. The summed E-state index contributed by atoms with van der Waals surface area (Å²) < 4.78 is 2.42. The van der Waals surface area contributed by atoms with E-state index in [0.29, 0.717) is 27.7 Å². The van der Waals surface area contributed by atoms with Crippen LogP contribution in [-0.2, 0) is 11.2 Å². The summed E-state index contributed by atoms with van der Waals surface area (Å²) in [4.78, 5) is 25.8. The van der Waals surface area contributed by atoms with Crippen LogP contribution >= 0.6 is 27.5 Å². The number of aromatic hydroxyl groups is 1. The number of phenols is 1. The lowest BCUT2D eigenvalue weighted by Gasteiger charge is -2.12. The normalized spacial score (nSPS) is 12.2. The molecule has 1 aromatic heterocycles. The largest absolute Gasteiger partial charge is 0.506 e. The number of aromatic nitrogens is 1. The third-order valence-electron chi connectivity index (χ3n) is 5.05. The molecule has 152 valence electrons. The van der Waals surface area contributed by atoms with Crippen LogP contribution in [-0.4, -0.2) is 27.5 Å². The molecule has 3 aromatic rings. The first-order valence-electron chi connectivity index (χ1n) is 9.35. The van der Waals surface area contributed by atoms with E-state index in [2.05, 4.69) is 21.2 Å². The summed E-state index contributed by atoms with van der Waals surface area (Å²) in [5.41, 5.74) is 2.41. The Morgan fingerprint density at radius 1 is 1.24 bits per heavy atom. The fourth-order valence-corrected chi connectivity index (χ4v) is 3.71. The molecule has 0 saturated carbocycles. The monoisotopic (exact) mass is 476 g/mol. The number of hydrogen-bond acceptors (Lipinski definition) is 3. The summed E-state index contributed by atoms with van der Waals surface area (Å²) in [5, 5.41) is 13.8. The SMILES string of the molecule is CCC(C)NC(=O)Cc1c(C)n(C(=O)c2ccc(Br)cc2)c2cc(Cl)c(O)cc12. The summed E-state index contributed by atoms with van der Waals surface area (Å²) >= 11 is 9.50.